The maximum Gasteiger partial charge on any atom is 0.258 e. The Morgan fingerprint density at radius 1 is 1.40 bits per heavy atom. The van der Waals surface area contributed by atoms with Crippen molar-refractivity contribution in [3.05, 3.63) is 12.7 Å². The summed E-state index contributed by atoms with van der Waals surface area (Å²) >= 11 is 0. The molecule has 0 aliphatic rings. The highest BCUT2D eigenvalue weighted by Crippen LogP contribution is 2.21. The maximum absolute atomic E-state index is 11.2. The number of hydrogen-bond acceptors (Lipinski definition) is 2. The van der Waals surface area contributed by atoms with Crippen molar-refractivity contribution in [1.82, 2.24) is 5.32 Å². The molecule has 0 aromatic carbocycles. The van der Waals surface area contributed by atoms with Crippen LogP contribution >= 0.6 is 0 Å². The molecule has 0 aromatic heterocycles. The van der Waals surface area contributed by atoms with Gasteiger partial charge in [-0.1, -0.05) is 6.58 Å². The van der Waals surface area contributed by atoms with Gasteiger partial charge in [0, 0.05) is 11.1 Å². The fourth-order valence-corrected chi connectivity index (χ4v) is 1.16. The molecule has 0 bridgehead atoms. The average molecular weight is 211 g/mol. The summed E-state index contributed by atoms with van der Waals surface area (Å²) in [6.45, 7) is 11.5. The van der Waals surface area contributed by atoms with Gasteiger partial charge in [0.25, 0.3) is 8.05 Å². The molecule has 0 rings (SSSR count). The van der Waals surface area contributed by atoms with Gasteiger partial charge in [0.1, 0.15) is 0 Å². The third kappa shape index (κ3) is 6.34. The molecule has 0 spiro atoms. The van der Waals surface area contributed by atoms with Crippen molar-refractivity contribution in [2.24, 2.45) is 0 Å². The summed E-state index contributed by atoms with van der Waals surface area (Å²) < 4.78 is 5.33. The van der Waals surface area contributed by atoms with Gasteiger partial charge in [-0.3, -0.25) is 4.79 Å². The highest BCUT2D eigenvalue weighted by atomic mass is 16.4. The van der Waals surface area contributed by atoms with E-state index in [9.17, 15) is 4.79 Å². The lowest BCUT2D eigenvalue weighted by Crippen LogP contribution is -2.44. The molecule has 1 amide bonds. The molecule has 1 N–H and O–H groups in total. The molecule has 0 aliphatic carbocycles. The van der Waals surface area contributed by atoms with Crippen LogP contribution in [-0.2, 0) is 9.45 Å². The van der Waals surface area contributed by atoms with Gasteiger partial charge in [0.15, 0.2) is 0 Å². The van der Waals surface area contributed by atoms with E-state index in [0.717, 1.165) is 12.8 Å². The van der Waals surface area contributed by atoms with Gasteiger partial charge in [0.2, 0.25) is 5.91 Å². The zero-order chi connectivity index (χ0) is 12.1. The summed E-state index contributed by atoms with van der Waals surface area (Å²) in [5.74, 6) is -0.129. The third-order valence-electron chi connectivity index (χ3n) is 2.55. The Kier molecular flexibility index (Phi) is 5.08. The smallest absolute Gasteiger partial charge is 0.258 e. The Balaban J connectivity index is 4.15. The van der Waals surface area contributed by atoms with Crippen molar-refractivity contribution in [3.63, 3.8) is 0 Å². The van der Waals surface area contributed by atoms with Crippen LogP contribution < -0.4 is 5.32 Å². The molecule has 0 fully saturated rings. The standard InChI is InChI=1S/C11H22BNO2/c1-6-9(14)13-10(2,3)7-8-11(4,5)15-12/h6H,1,7-8,12H2,2-5H3,(H,13,14). The molecule has 0 saturated carbocycles. The predicted molar refractivity (Wildman–Crippen MR) is 65.4 cm³/mol. The maximum atomic E-state index is 11.2. The lowest BCUT2D eigenvalue weighted by atomic mass is 9.91. The van der Waals surface area contributed by atoms with Crippen LogP contribution in [0.4, 0.5) is 0 Å². The minimum Gasteiger partial charge on any atom is -0.439 e. The summed E-state index contributed by atoms with van der Waals surface area (Å²) in [6.07, 6.45) is 3.06. The minimum absolute atomic E-state index is 0.129. The minimum atomic E-state index is -0.221. The second-order valence-electron chi connectivity index (χ2n) is 5.04. The topological polar surface area (TPSA) is 38.3 Å². The first-order chi connectivity index (χ1) is 6.72. The van der Waals surface area contributed by atoms with E-state index < -0.39 is 0 Å². The van der Waals surface area contributed by atoms with Gasteiger partial charge in [-0.25, -0.2) is 0 Å². The summed E-state index contributed by atoms with van der Waals surface area (Å²) in [5.41, 5.74) is -0.364. The molecule has 15 heavy (non-hydrogen) atoms. The van der Waals surface area contributed by atoms with Gasteiger partial charge in [-0.2, -0.15) is 0 Å². The number of carbonyl (C=O) groups excluding carboxylic acids is 1. The number of rotatable bonds is 6. The van der Waals surface area contributed by atoms with Crippen molar-refractivity contribution in [1.29, 1.82) is 0 Å². The van der Waals surface area contributed by atoms with Crippen molar-refractivity contribution >= 4 is 14.0 Å². The van der Waals surface area contributed by atoms with Crippen molar-refractivity contribution in [2.75, 3.05) is 0 Å². The van der Waals surface area contributed by atoms with Gasteiger partial charge >= 0.3 is 0 Å². The van der Waals surface area contributed by atoms with E-state index in [2.05, 4.69) is 11.9 Å². The first kappa shape index (κ1) is 14.2. The highest BCUT2D eigenvalue weighted by Gasteiger charge is 2.24. The van der Waals surface area contributed by atoms with Crippen LogP contribution in [0.25, 0.3) is 0 Å². The van der Waals surface area contributed by atoms with Crippen LogP contribution in [0.15, 0.2) is 12.7 Å². The summed E-state index contributed by atoms with van der Waals surface area (Å²) in [6, 6.07) is 0. The zero-order valence-electron chi connectivity index (χ0n) is 10.5. The van der Waals surface area contributed by atoms with Gasteiger partial charge in [0.05, 0.1) is 0 Å². The van der Waals surface area contributed by atoms with Crippen molar-refractivity contribution in [3.8, 4) is 0 Å². The number of carbonyl (C=O) groups is 1. The summed E-state index contributed by atoms with van der Waals surface area (Å²) in [5, 5.41) is 2.89. The first-order valence-electron chi connectivity index (χ1n) is 5.22. The SMILES string of the molecule is BOC(C)(C)CCC(C)(C)NC(=O)C=C. The average Bonchev–Trinajstić information content (AvgIpc) is 2.14. The Morgan fingerprint density at radius 3 is 2.33 bits per heavy atom. The van der Waals surface area contributed by atoms with E-state index in [1.165, 1.54) is 6.08 Å². The Morgan fingerprint density at radius 2 is 1.93 bits per heavy atom. The highest BCUT2D eigenvalue weighted by molar-refractivity contribution is 5.98. The second kappa shape index (κ2) is 5.35. The quantitative estimate of drug-likeness (QED) is 0.529. The molecular formula is C11H22BNO2. The van der Waals surface area contributed by atoms with Crippen LogP contribution in [0, 0.1) is 0 Å². The van der Waals surface area contributed by atoms with Crippen LogP contribution in [0.3, 0.4) is 0 Å². The fourth-order valence-electron chi connectivity index (χ4n) is 1.16. The molecule has 0 aromatic rings. The third-order valence-corrected chi connectivity index (χ3v) is 2.55. The zero-order valence-corrected chi connectivity index (χ0v) is 10.5. The van der Waals surface area contributed by atoms with Gasteiger partial charge in [-0.05, 0) is 46.6 Å². The monoisotopic (exact) mass is 211 g/mol. The van der Waals surface area contributed by atoms with Gasteiger partial charge in [-0.15, -0.1) is 0 Å². The molecule has 3 nitrogen and oxygen atoms in total. The van der Waals surface area contributed by atoms with E-state index >= 15 is 0 Å². The molecule has 4 heteroatoms. The van der Waals surface area contributed by atoms with Crippen LogP contribution in [0.2, 0.25) is 0 Å². The molecule has 0 saturated heterocycles. The fraction of sp³-hybridized carbons (Fsp3) is 0.727. The Labute approximate surface area is 93.7 Å². The lowest BCUT2D eigenvalue weighted by molar-refractivity contribution is -0.118. The molecule has 0 aliphatic heterocycles. The van der Waals surface area contributed by atoms with Crippen LogP contribution in [0.5, 0.6) is 0 Å². The second-order valence-corrected chi connectivity index (χ2v) is 5.04. The van der Waals surface area contributed by atoms with Gasteiger partial charge < -0.3 is 9.97 Å². The molecule has 0 atom stereocenters. The molecule has 0 radical (unpaired) electrons. The largest absolute Gasteiger partial charge is 0.439 e. The molecule has 0 heterocycles. The number of amides is 1. The van der Waals surface area contributed by atoms with Crippen molar-refractivity contribution in [2.45, 2.75) is 51.7 Å². The van der Waals surface area contributed by atoms with Crippen LogP contribution in [0.1, 0.15) is 40.5 Å². The predicted octanol–water partition coefficient (Wildman–Crippen LogP) is 1.19. The number of hydrogen-bond donors (Lipinski definition) is 1. The summed E-state index contributed by atoms with van der Waals surface area (Å²) in [7, 11) is 1.70. The van der Waals surface area contributed by atoms with E-state index in [4.69, 9.17) is 4.65 Å². The number of nitrogens with one attached hydrogen (secondary N) is 1. The Bertz CT molecular complexity index is 237. The normalized spacial score (nSPS) is 12.3. The summed E-state index contributed by atoms with van der Waals surface area (Å²) in [4.78, 5) is 11.2. The first-order valence-corrected chi connectivity index (χ1v) is 5.22. The molecular weight excluding hydrogens is 189 g/mol. The van der Waals surface area contributed by atoms with E-state index in [1.807, 2.05) is 27.7 Å². The van der Waals surface area contributed by atoms with E-state index in [1.54, 1.807) is 8.05 Å². The Hall–Kier alpha value is -0.765. The van der Waals surface area contributed by atoms with E-state index in [0.29, 0.717) is 0 Å². The van der Waals surface area contributed by atoms with E-state index in [-0.39, 0.29) is 17.0 Å². The van der Waals surface area contributed by atoms with Crippen LogP contribution in [-0.4, -0.2) is 25.1 Å². The molecule has 86 valence electrons. The molecule has 0 unspecified atom stereocenters. The lowest BCUT2D eigenvalue weighted by Gasteiger charge is -2.31. The van der Waals surface area contributed by atoms with Crippen molar-refractivity contribution < 1.29 is 9.45 Å².